The van der Waals surface area contributed by atoms with Crippen molar-refractivity contribution in [1.29, 1.82) is 0 Å². The van der Waals surface area contributed by atoms with Crippen LogP contribution in [0.2, 0.25) is 0 Å². The molecular weight excluding hydrogens is 331 g/mol. The molecule has 2 aromatic carbocycles. The smallest absolute Gasteiger partial charge is 0.151 e. The Hall–Kier alpha value is -2.80. The van der Waals surface area contributed by atoms with E-state index in [1.54, 1.807) is 17.9 Å². The van der Waals surface area contributed by atoms with E-state index in [0.29, 0.717) is 11.4 Å². The van der Waals surface area contributed by atoms with Gasteiger partial charge in [-0.05, 0) is 61.3 Å². The van der Waals surface area contributed by atoms with E-state index >= 15 is 0 Å². The lowest BCUT2D eigenvalue weighted by atomic mass is 9.98. The third kappa shape index (κ3) is 2.55. The first-order valence-electron chi connectivity index (χ1n) is 8.89. The van der Waals surface area contributed by atoms with Gasteiger partial charge in [0.1, 0.15) is 22.4 Å². The topological polar surface area (TPSA) is 71.4 Å². The number of halogens is 1. The second-order valence-electron chi connectivity index (χ2n) is 6.89. The quantitative estimate of drug-likeness (QED) is 0.583. The van der Waals surface area contributed by atoms with Crippen LogP contribution in [0.15, 0.2) is 30.3 Å². The van der Waals surface area contributed by atoms with Gasteiger partial charge in [-0.15, -0.1) is 0 Å². The van der Waals surface area contributed by atoms with Gasteiger partial charge in [0.05, 0.1) is 5.52 Å². The highest BCUT2D eigenvalue weighted by molar-refractivity contribution is 5.86. The van der Waals surface area contributed by atoms with Crippen molar-refractivity contribution in [3.63, 3.8) is 0 Å². The van der Waals surface area contributed by atoms with Crippen LogP contribution < -0.4 is 5.32 Å². The molecule has 26 heavy (non-hydrogen) atoms. The van der Waals surface area contributed by atoms with E-state index in [1.165, 1.54) is 0 Å². The third-order valence-electron chi connectivity index (χ3n) is 5.10. The molecule has 0 radical (unpaired) electrons. The predicted molar refractivity (Wildman–Crippen MR) is 98.4 cm³/mol. The fourth-order valence-electron chi connectivity index (χ4n) is 3.75. The van der Waals surface area contributed by atoms with Gasteiger partial charge < -0.3 is 10.3 Å². The number of hydrogen-bond donors (Lipinski definition) is 2. The summed E-state index contributed by atoms with van der Waals surface area (Å²) in [6.45, 7) is 1.96. The highest BCUT2D eigenvalue weighted by atomic mass is 19.1. The van der Waals surface area contributed by atoms with Crippen molar-refractivity contribution < 1.29 is 4.39 Å². The molecule has 0 aliphatic carbocycles. The van der Waals surface area contributed by atoms with E-state index in [9.17, 15) is 4.39 Å². The lowest BCUT2D eigenvalue weighted by molar-refractivity contribution is 0.448. The Morgan fingerprint density at radius 1 is 1.04 bits per heavy atom. The molecule has 0 unspecified atom stereocenters. The second kappa shape index (κ2) is 5.88. The summed E-state index contributed by atoms with van der Waals surface area (Å²) in [5, 5.41) is 12.0. The van der Waals surface area contributed by atoms with Crippen LogP contribution in [-0.4, -0.2) is 38.1 Å². The van der Waals surface area contributed by atoms with E-state index in [2.05, 4.69) is 25.5 Å². The average molecular weight is 350 g/mol. The van der Waals surface area contributed by atoms with Gasteiger partial charge in [-0.3, -0.25) is 0 Å². The predicted octanol–water partition coefficient (Wildman–Crippen LogP) is 3.12. The van der Waals surface area contributed by atoms with E-state index in [0.717, 1.165) is 59.4 Å². The van der Waals surface area contributed by atoms with Crippen LogP contribution in [0.3, 0.4) is 0 Å². The van der Waals surface area contributed by atoms with Crippen molar-refractivity contribution in [2.24, 2.45) is 7.05 Å². The van der Waals surface area contributed by atoms with Gasteiger partial charge in [-0.1, -0.05) is 6.07 Å². The Morgan fingerprint density at radius 2 is 1.85 bits per heavy atom. The standard InChI is InChI=1S/C19H19FN6/c1-26-24-15-3-2-12(9-16(15)25-26)13-8-14(20)18-17(10-13)22-19(23-18)11-4-6-21-7-5-11/h2-3,8-11,21H,4-7H2,1H3,(H,22,23). The van der Waals surface area contributed by atoms with Crippen LogP contribution in [-0.2, 0) is 7.05 Å². The molecule has 0 spiro atoms. The number of fused-ring (bicyclic) bond motifs is 2. The van der Waals surface area contributed by atoms with Crippen molar-refractivity contribution >= 4 is 22.1 Å². The Balaban J connectivity index is 1.58. The maximum atomic E-state index is 14.7. The highest BCUT2D eigenvalue weighted by Crippen LogP contribution is 2.30. The zero-order chi connectivity index (χ0) is 17.7. The molecule has 1 fully saturated rings. The number of rotatable bonds is 2. The van der Waals surface area contributed by atoms with E-state index in [4.69, 9.17) is 0 Å². The van der Waals surface area contributed by atoms with Gasteiger partial charge in [0, 0.05) is 13.0 Å². The van der Waals surface area contributed by atoms with Crippen LogP contribution in [0.1, 0.15) is 24.6 Å². The summed E-state index contributed by atoms with van der Waals surface area (Å²) in [6, 6.07) is 9.31. The first kappa shape index (κ1) is 15.5. The number of aromatic nitrogens is 5. The molecule has 0 bridgehead atoms. The van der Waals surface area contributed by atoms with Gasteiger partial charge in [-0.2, -0.15) is 15.0 Å². The van der Waals surface area contributed by atoms with Crippen molar-refractivity contribution in [3.05, 3.63) is 42.0 Å². The fraction of sp³-hybridized carbons (Fsp3) is 0.316. The number of nitrogens with one attached hydrogen (secondary N) is 2. The molecule has 1 aliphatic rings. The van der Waals surface area contributed by atoms with Crippen LogP contribution in [0.4, 0.5) is 4.39 Å². The van der Waals surface area contributed by atoms with Gasteiger partial charge in [0.25, 0.3) is 0 Å². The molecule has 0 amide bonds. The number of benzene rings is 2. The Morgan fingerprint density at radius 3 is 2.69 bits per heavy atom. The normalized spacial score (nSPS) is 15.9. The highest BCUT2D eigenvalue weighted by Gasteiger charge is 2.20. The van der Waals surface area contributed by atoms with Crippen LogP contribution in [0.25, 0.3) is 33.2 Å². The zero-order valence-electron chi connectivity index (χ0n) is 14.5. The maximum absolute atomic E-state index is 14.7. The zero-order valence-corrected chi connectivity index (χ0v) is 14.5. The molecule has 5 rings (SSSR count). The molecule has 132 valence electrons. The molecule has 0 atom stereocenters. The minimum Gasteiger partial charge on any atom is -0.342 e. The summed E-state index contributed by atoms with van der Waals surface area (Å²) in [6.07, 6.45) is 2.05. The Bertz CT molecular complexity index is 1110. The maximum Gasteiger partial charge on any atom is 0.151 e. The summed E-state index contributed by atoms with van der Waals surface area (Å²) in [5.74, 6) is 0.956. The summed E-state index contributed by atoms with van der Waals surface area (Å²) in [5.41, 5.74) is 4.51. The summed E-state index contributed by atoms with van der Waals surface area (Å²) in [4.78, 5) is 9.43. The minimum absolute atomic E-state index is 0.298. The Kier molecular flexibility index (Phi) is 3.49. The van der Waals surface area contributed by atoms with Crippen molar-refractivity contribution in [2.45, 2.75) is 18.8 Å². The molecule has 0 saturated carbocycles. The molecular formula is C19H19FN6. The monoisotopic (exact) mass is 350 g/mol. The molecule has 2 aromatic heterocycles. The number of imidazole rings is 1. The lowest BCUT2D eigenvalue weighted by Gasteiger charge is -2.20. The first-order chi connectivity index (χ1) is 12.7. The third-order valence-corrected chi connectivity index (χ3v) is 5.10. The summed E-state index contributed by atoms with van der Waals surface area (Å²) < 4.78 is 14.7. The van der Waals surface area contributed by atoms with Crippen LogP contribution in [0, 0.1) is 5.82 Å². The van der Waals surface area contributed by atoms with Crippen molar-refractivity contribution in [2.75, 3.05) is 13.1 Å². The number of nitrogens with zero attached hydrogens (tertiary/aromatic N) is 4. The van der Waals surface area contributed by atoms with Crippen molar-refractivity contribution in [1.82, 2.24) is 30.3 Å². The lowest BCUT2D eigenvalue weighted by Crippen LogP contribution is -2.27. The molecule has 7 heteroatoms. The van der Waals surface area contributed by atoms with E-state index < -0.39 is 0 Å². The molecule has 1 aliphatic heterocycles. The van der Waals surface area contributed by atoms with Crippen LogP contribution in [0.5, 0.6) is 0 Å². The fourth-order valence-corrected chi connectivity index (χ4v) is 3.75. The van der Waals surface area contributed by atoms with Crippen molar-refractivity contribution in [3.8, 4) is 11.1 Å². The van der Waals surface area contributed by atoms with Gasteiger partial charge in [0.2, 0.25) is 0 Å². The molecule has 1 saturated heterocycles. The molecule has 4 aromatic rings. The minimum atomic E-state index is -0.298. The summed E-state index contributed by atoms with van der Waals surface area (Å²) >= 11 is 0. The number of piperidine rings is 1. The largest absolute Gasteiger partial charge is 0.342 e. The molecule has 6 nitrogen and oxygen atoms in total. The van der Waals surface area contributed by atoms with Gasteiger partial charge in [-0.25, -0.2) is 9.37 Å². The van der Waals surface area contributed by atoms with E-state index in [-0.39, 0.29) is 5.82 Å². The number of H-pyrrole nitrogens is 1. The number of aryl methyl sites for hydroxylation is 1. The molecule has 2 N–H and O–H groups in total. The second-order valence-corrected chi connectivity index (χ2v) is 6.89. The summed E-state index contributed by atoms with van der Waals surface area (Å²) in [7, 11) is 1.79. The number of aromatic amines is 1. The van der Waals surface area contributed by atoms with E-state index in [1.807, 2.05) is 24.3 Å². The van der Waals surface area contributed by atoms with Crippen LogP contribution >= 0.6 is 0 Å². The number of hydrogen-bond acceptors (Lipinski definition) is 4. The SMILES string of the molecule is Cn1nc2ccc(-c3cc(F)c4nc(C5CCNCC5)[nH]c4c3)cc2n1. The van der Waals surface area contributed by atoms with Gasteiger partial charge in [0.15, 0.2) is 5.82 Å². The van der Waals surface area contributed by atoms with Gasteiger partial charge >= 0.3 is 0 Å². The molecule has 3 heterocycles. The first-order valence-corrected chi connectivity index (χ1v) is 8.89. The Labute approximate surface area is 149 Å². The average Bonchev–Trinajstić information content (AvgIpc) is 3.24.